The lowest BCUT2D eigenvalue weighted by atomic mass is 10.3. The van der Waals surface area contributed by atoms with Gasteiger partial charge in [-0.1, -0.05) is 6.07 Å². The van der Waals surface area contributed by atoms with Gasteiger partial charge in [-0.05, 0) is 18.4 Å². The fraction of sp³-hybridized carbons (Fsp3) is 0.222. The number of nitrogens with two attached hydrogens (primary N) is 1. The van der Waals surface area contributed by atoms with E-state index < -0.39 is 0 Å². The summed E-state index contributed by atoms with van der Waals surface area (Å²) in [5.74, 6) is 0.570. The number of hydrogen-bond acceptors (Lipinski definition) is 3. The van der Waals surface area contributed by atoms with Crippen LogP contribution in [-0.2, 0) is 0 Å². The van der Waals surface area contributed by atoms with Crippen molar-refractivity contribution in [2.75, 3.05) is 5.73 Å². The number of thiophene rings is 1. The summed E-state index contributed by atoms with van der Waals surface area (Å²) in [6, 6.07) is 4.43. The van der Waals surface area contributed by atoms with Gasteiger partial charge in [-0.25, -0.2) is 4.98 Å². The molecule has 2 N–H and O–H groups in total. The first kappa shape index (κ1) is 8.31. The Kier molecular flexibility index (Phi) is 2.06. The molecule has 1 atom stereocenters. The third-order valence-electron chi connectivity index (χ3n) is 2.07. The molecule has 2 aromatic heterocycles. The molecule has 2 heterocycles. The summed E-state index contributed by atoms with van der Waals surface area (Å²) in [7, 11) is 0. The number of aromatic nitrogens is 2. The molecule has 0 aliphatic carbocycles. The molecule has 0 aromatic carbocycles. The molecule has 0 radical (unpaired) electrons. The molecule has 0 aliphatic rings. The topological polar surface area (TPSA) is 43.8 Å². The Morgan fingerprint density at radius 2 is 2.46 bits per heavy atom. The minimum atomic E-state index is 0.280. The Bertz CT molecular complexity index is 377. The maximum absolute atomic E-state index is 5.70. The predicted molar refractivity (Wildman–Crippen MR) is 54.8 cm³/mol. The highest BCUT2D eigenvalue weighted by molar-refractivity contribution is 7.10. The van der Waals surface area contributed by atoms with Crippen LogP contribution in [0.1, 0.15) is 17.8 Å². The van der Waals surface area contributed by atoms with Gasteiger partial charge < -0.3 is 10.3 Å². The van der Waals surface area contributed by atoms with Crippen molar-refractivity contribution in [3.05, 3.63) is 34.8 Å². The van der Waals surface area contributed by atoms with Gasteiger partial charge in [0.05, 0.1) is 6.04 Å². The summed E-state index contributed by atoms with van der Waals surface area (Å²) < 4.78 is 1.96. The van der Waals surface area contributed by atoms with E-state index in [4.69, 9.17) is 5.73 Å². The van der Waals surface area contributed by atoms with Crippen LogP contribution < -0.4 is 5.73 Å². The Balaban J connectivity index is 2.33. The van der Waals surface area contributed by atoms with Crippen molar-refractivity contribution < 1.29 is 0 Å². The van der Waals surface area contributed by atoms with Gasteiger partial charge in [0.1, 0.15) is 0 Å². The van der Waals surface area contributed by atoms with Crippen molar-refractivity contribution in [3.8, 4) is 0 Å². The van der Waals surface area contributed by atoms with E-state index in [0.29, 0.717) is 5.95 Å². The van der Waals surface area contributed by atoms with Crippen LogP contribution in [0.15, 0.2) is 29.9 Å². The molecule has 68 valence electrons. The Morgan fingerprint density at radius 3 is 3.00 bits per heavy atom. The Hall–Kier alpha value is -1.29. The van der Waals surface area contributed by atoms with Crippen LogP contribution in [0.2, 0.25) is 0 Å². The minimum absolute atomic E-state index is 0.280. The van der Waals surface area contributed by atoms with Crippen LogP contribution >= 0.6 is 11.3 Å². The van der Waals surface area contributed by atoms with Crippen molar-refractivity contribution in [2.24, 2.45) is 0 Å². The molecule has 0 saturated carbocycles. The number of imidazole rings is 1. The highest BCUT2D eigenvalue weighted by atomic mass is 32.1. The van der Waals surface area contributed by atoms with Gasteiger partial charge in [0.15, 0.2) is 0 Å². The molecule has 1 unspecified atom stereocenters. The molecular weight excluding hydrogens is 182 g/mol. The summed E-state index contributed by atoms with van der Waals surface area (Å²) in [5.41, 5.74) is 5.70. The summed E-state index contributed by atoms with van der Waals surface area (Å²) in [6.07, 6.45) is 3.62. The summed E-state index contributed by atoms with van der Waals surface area (Å²) in [6.45, 7) is 2.11. The smallest absolute Gasteiger partial charge is 0.200 e. The number of rotatable bonds is 2. The van der Waals surface area contributed by atoms with E-state index in [2.05, 4.69) is 23.4 Å². The van der Waals surface area contributed by atoms with E-state index in [0.717, 1.165) is 0 Å². The van der Waals surface area contributed by atoms with Crippen molar-refractivity contribution in [1.82, 2.24) is 9.55 Å². The first-order valence-electron chi connectivity index (χ1n) is 4.11. The molecule has 13 heavy (non-hydrogen) atoms. The van der Waals surface area contributed by atoms with Gasteiger partial charge in [0.2, 0.25) is 5.95 Å². The SMILES string of the molecule is CC(c1cccs1)n1ccnc1N. The molecule has 0 saturated heterocycles. The van der Waals surface area contributed by atoms with E-state index in [-0.39, 0.29) is 6.04 Å². The lowest BCUT2D eigenvalue weighted by molar-refractivity contribution is 0.660. The van der Waals surface area contributed by atoms with Gasteiger partial charge in [-0.2, -0.15) is 0 Å². The van der Waals surface area contributed by atoms with Crippen LogP contribution in [0.3, 0.4) is 0 Å². The minimum Gasteiger partial charge on any atom is -0.369 e. The molecule has 0 spiro atoms. The second-order valence-electron chi connectivity index (χ2n) is 2.88. The first-order chi connectivity index (χ1) is 6.29. The van der Waals surface area contributed by atoms with E-state index >= 15 is 0 Å². The van der Waals surface area contributed by atoms with Gasteiger partial charge in [-0.15, -0.1) is 11.3 Å². The summed E-state index contributed by atoms with van der Waals surface area (Å²) in [5, 5.41) is 2.07. The van der Waals surface area contributed by atoms with Crippen LogP contribution in [0.4, 0.5) is 5.95 Å². The molecule has 3 nitrogen and oxygen atoms in total. The van der Waals surface area contributed by atoms with Crippen LogP contribution in [-0.4, -0.2) is 9.55 Å². The first-order valence-corrected chi connectivity index (χ1v) is 4.98. The number of anilines is 1. The summed E-state index contributed by atoms with van der Waals surface area (Å²) in [4.78, 5) is 5.29. The van der Waals surface area contributed by atoms with Crippen LogP contribution in [0.5, 0.6) is 0 Å². The van der Waals surface area contributed by atoms with E-state index in [1.165, 1.54) is 4.88 Å². The number of nitrogen functional groups attached to an aromatic ring is 1. The lowest BCUT2D eigenvalue weighted by Crippen LogP contribution is -2.07. The molecule has 0 amide bonds. The second kappa shape index (κ2) is 3.22. The van der Waals surface area contributed by atoms with Crippen molar-refractivity contribution in [2.45, 2.75) is 13.0 Å². The average Bonchev–Trinajstić information content (AvgIpc) is 2.72. The quantitative estimate of drug-likeness (QED) is 0.794. The molecule has 2 aromatic rings. The zero-order valence-electron chi connectivity index (χ0n) is 7.34. The van der Waals surface area contributed by atoms with Gasteiger partial charge in [-0.3, -0.25) is 0 Å². The number of hydrogen-bond donors (Lipinski definition) is 1. The maximum atomic E-state index is 5.70. The molecular formula is C9H11N3S. The largest absolute Gasteiger partial charge is 0.369 e. The van der Waals surface area contributed by atoms with E-state index in [9.17, 15) is 0 Å². The molecule has 0 aliphatic heterocycles. The molecule has 2 rings (SSSR count). The maximum Gasteiger partial charge on any atom is 0.200 e. The standard InChI is InChI=1S/C9H11N3S/c1-7(8-3-2-6-13-8)12-5-4-11-9(12)10/h2-7H,1H3,(H2,10,11). The van der Waals surface area contributed by atoms with Gasteiger partial charge >= 0.3 is 0 Å². The van der Waals surface area contributed by atoms with Gasteiger partial charge in [0.25, 0.3) is 0 Å². The van der Waals surface area contributed by atoms with Gasteiger partial charge in [0, 0.05) is 17.3 Å². The van der Waals surface area contributed by atoms with Crippen molar-refractivity contribution in [3.63, 3.8) is 0 Å². The molecule has 0 fully saturated rings. The lowest BCUT2D eigenvalue weighted by Gasteiger charge is -2.12. The average molecular weight is 193 g/mol. The highest BCUT2D eigenvalue weighted by Crippen LogP contribution is 2.23. The van der Waals surface area contributed by atoms with Crippen LogP contribution in [0.25, 0.3) is 0 Å². The van der Waals surface area contributed by atoms with Crippen molar-refractivity contribution >= 4 is 17.3 Å². The Morgan fingerprint density at radius 1 is 1.62 bits per heavy atom. The molecule has 0 bridgehead atoms. The van der Waals surface area contributed by atoms with Crippen molar-refractivity contribution in [1.29, 1.82) is 0 Å². The fourth-order valence-electron chi connectivity index (χ4n) is 1.32. The molecule has 4 heteroatoms. The van der Waals surface area contributed by atoms with E-state index in [1.54, 1.807) is 17.5 Å². The zero-order valence-corrected chi connectivity index (χ0v) is 8.16. The highest BCUT2D eigenvalue weighted by Gasteiger charge is 2.10. The predicted octanol–water partition coefficient (Wildman–Crippen LogP) is 2.14. The normalized spacial score (nSPS) is 13.0. The van der Waals surface area contributed by atoms with Crippen LogP contribution in [0, 0.1) is 0 Å². The fourth-order valence-corrected chi connectivity index (χ4v) is 2.10. The monoisotopic (exact) mass is 193 g/mol. The second-order valence-corrected chi connectivity index (χ2v) is 3.86. The zero-order chi connectivity index (χ0) is 9.26. The van der Waals surface area contributed by atoms with E-state index in [1.807, 2.05) is 16.8 Å². The Labute approximate surface area is 80.8 Å². The third-order valence-corrected chi connectivity index (χ3v) is 3.11. The third kappa shape index (κ3) is 1.45. The summed E-state index contributed by atoms with van der Waals surface area (Å²) >= 11 is 1.73. The number of nitrogens with zero attached hydrogens (tertiary/aromatic N) is 2.